The number of thiophene rings is 1. The Morgan fingerprint density at radius 2 is 1.92 bits per heavy atom. The topological polar surface area (TPSA) is 108 Å². The second-order valence-electron chi connectivity index (χ2n) is 5.02. The monoisotopic (exact) mass is 420 g/mol. The number of hydrogen-bond acceptors (Lipinski definition) is 7. The first-order chi connectivity index (χ1) is 11.2. The van der Waals surface area contributed by atoms with E-state index in [2.05, 4.69) is 21.2 Å². The van der Waals surface area contributed by atoms with E-state index in [1.54, 1.807) is 19.9 Å². The van der Waals surface area contributed by atoms with Gasteiger partial charge in [-0.25, -0.2) is 4.79 Å². The molecule has 7 nitrogen and oxygen atoms in total. The lowest BCUT2D eigenvalue weighted by Gasteiger charge is -2.27. The maximum atomic E-state index is 12.4. The Hall–Kier alpha value is -1.45. The van der Waals surface area contributed by atoms with Gasteiger partial charge < -0.3 is 14.8 Å². The molecule has 0 aliphatic heterocycles. The van der Waals surface area contributed by atoms with Crippen molar-refractivity contribution in [2.75, 3.05) is 13.2 Å². The van der Waals surface area contributed by atoms with Crippen molar-refractivity contribution in [1.29, 1.82) is 0 Å². The van der Waals surface area contributed by atoms with Crippen molar-refractivity contribution < 1.29 is 23.9 Å². The van der Waals surface area contributed by atoms with Crippen LogP contribution in [0.2, 0.25) is 0 Å². The van der Waals surface area contributed by atoms with E-state index in [1.165, 1.54) is 11.3 Å². The quantitative estimate of drug-likeness (QED) is 0.492. The van der Waals surface area contributed by atoms with Crippen LogP contribution in [0.1, 0.15) is 41.9 Å². The van der Waals surface area contributed by atoms with E-state index >= 15 is 0 Å². The molecule has 134 valence electrons. The van der Waals surface area contributed by atoms with Crippen LogP contribution >= 0.6 is 27.3 Å². The summed E-state index contributed by atoms with van der Waals surface area (Å²) in [5, 5.41) is 2.48. The van der Waals surface area contributed by atoms with Crippen molar-refractivity contribution in [2.24, 2.45) is 5.73 Å². The lowest BCUT2D eigenvalue weighted by atomic mass is 10.0. The third-order valence-electron chi connectivity index (χ3n) is 3.09. The van der Waals surface area contributed by atoms with Crippen LogP contribution in [0.15, 0.2) is 9.85 Å². The van der Waals surface area contributed by atoms with Gasteiger partial charge in [0.15, 0.2) is 5.66 Å². The second kappa shape index (κ2) is 9.14. The van der Waals surface area contributed by atoms with Gasteiger partial charge in [-0.3, -0.25) is 15.3 Å². The zero-order valence-electron chi connectivity index (χ0n) is 13.8. The molecule has 0 aliphatic carbocycles. The molecular weight excluding hydrogens is 400 g/mol. The molecular formula is C15H21BrN2O5S. The summed E-state index contributed by atoms with van der Waals surface area (Å²) >= 11 is 4.57. The summed E-state index contributed by atoms with van der Waals surface area (Å²) in [7, 11) is 0. The molecule has 0 fully saturated rings. The Kier molecular flexibility index (Phi) is 7.85. The lowest BCUT2D eigenvalue weighted by molar-refractivity contribution is -0.152. The fourth-order valence-electron chi connectivity index (χ4n) is 1.84. The molecule has 1 rings (SSSR count). The molecule has 1 heterocycles. The van der Waals surface area contributed by atoms with Crippen molar-refractivity contribution >= 4 is 45.1 Å². The fraction of sp³-hybridized carbons (Fsp3) is 0.533. The smallest absolute Gasteiger partial charge is 0.346 e. The van der Waals surface area contributed by atoms with E-state index in [-0.39, 0.29) is 26.1 Å². The van der Waals surface area contributed by atoms with Crippen LogP contribution in [0.25, 0.3) is 0 Å². The number of hydrogen-bond donors (Lipinski definition) is 2. The van der Waals surface area contributed by atoms with Crippen molar-refractivity contribution in [3.63, 3.8) is 0 Å². The Morgan fingerprint density at radius 3 is 2.42 bits per heavy atom. The third kappa shape index (κ3) is 5.57. The summed E-state index contributed by atoms with van der Waals surface area (Å²) in [6.07, 6.45) is -0.238. The Labute approximate surface area is 153 Å². The highest BCUT2D eigenvalue weighted by Crippen LogP contribution is 2.27. The van der Waals surface area contributed by atoms with E-state index in [9.17, 15) is 14.4 Å². The molecule has 0 unspecified atom stereocenters. The summed E-state index contributed by atoms with van der Waals surface area (Å²) < 4.78 is 10.6. The highest BCUT2D eigenvalue weighted by Gasteiger charge is 2.38. The molecule has 0 saturated carbocycles. The number of halogens is 1. The number of nitrogens with one attached hydrogen (secondary N) is 1. The van der Waals surface area contributed by atoms with Gasteiger partial charge in [-0.15, -0.1) is 11.3 Å². The molecule has 1 atom stereocenters. The molecule has 1 amide bonds. The maximum absolute atomic E-state index is 12.4. The number of amides is 1. The zero-order chi connectivity index (χ0) is 18.3. The zero-order valence-corrected chi connectivity index (χ0v) is 16.2. The van der Waals surface area contributed by atoms with Gasteiger partial charge in [0.1, 0.15) is 0 Å². The first-order valence-electron chi connectivity index (χ1n) is 7.43. The summed E-state index contributed by atoms with van der Waals surface area (Å²) in [6.45, 7) is 5.49. The van der Waals surface area contributed by atoms with Crippen LogP contribution in [0.4, 0.5) is 0 Å². The van der Waals surface area contributed by atoms with Crippen molar-refractivity contribution in [3.8, 4) is 0 Å². The van der Waals surface area contributed by atoms with Crippen LogP contribution in [0.5, 0.6) is 0 Å². The first kappa shape index (κ1) is 20.6. The first-order valence-corrected chi connectivity index (χ1v) is 9.04. The van der Waals surface area contributed by atoms with Crippen LogP contribution in [0.3, 0.4) is 0 Å². The number of carbonyl (C=O) groups is 3. The van der Waals surface area contributed by atoms with Crippen molar-refractivity contribution in [1.82, 2.24) is 5.32 Å². The molecule has 0 spiro atoms. The van der Waals surface area contributed by atoms with Crippen LogP contribution in [0, 0.1) is 6.92 Å². The molecule has 0 saturated heterocycles. The average molecular weight is 421 g/mol. The minimum absolute atomic E-state index is 0.108. The van der Waals surface area contributed by atoms with Gasteiger partial charge in [0, 0.05) is 12.8 Å². The molecule has 0 aliphatic rings. The Morgan fingerprint density at radius 1 is 1.29 bits per heavy atom. The third-order valence-corrected chi connectivity index (χ3v) is 5.22. The molecule has 9 heteroatoms. The van der Waals surface area contributed by atoms with Gasteiger partial charge in [0.25, 0.3) is 5.91 Å². The molecule has 1 aromatic heterocycles. The standard InChI is InChI=1S/C15H21BrN2O5S/c1-4-22-11(19)6-7-15(17,14(21)23-5-2)18-13(20)10-8-9(3)12(16)24-10/h8H,4-7,17H2,1-3H3,(H,18,20)/t15-/m1/s1. The minimum atomic E-state index is -1.80. The van der Waals surface area contributed by atoms with E-state index in [0.29, 0.717) is 4.88 Å². The summed E-state index contributed by atoms with van der Waals surface area (Å²) in [5.41, 5.74) is 5.13. The van der Waals surface area contributed by atoms with Gasteiger partial charge in [-0.1, -0.05) is 0 Å². The van der Waals surface area contributed by atoms with E-state index in [0.717, 1.165) is 9.35 Å². The molecule has 0 bridgehead atoms. The van der Waals surface area contributed by atoms with Gasteiger partial charge in [0.05, 0.1) is 21.9 Å². The minimum Gasteiger partial charge on any atom is -0.466 e. The number of carbonyl (C=O) groups excluding carboxylic acids is 3. The maximum Gasteiger partial charge on any atom is 0.346 e. The summed E-state index contributed by atoms with van der Waals surface area (Å²) in [5.74, 6) is -1.80. The number of aryl methyl sites for hydroxylation is 1. The van der Waals surface area contributed by atoms with Gasteiger partial charge in [0.2, 0.25) is 0 Å². The lowest BCUT2D eigenvalue weighted by Crippen LogP contribution is -2.62. The number of ether oxygens (including phenoxy) is 2. The molecule has 0 aromatic carbocycles. The number of rotatable bonds is 8. The van der Waals surface area contributed by atoms with Crippen LogP contribution in [-0.2, 0) is 19.1 Å². The second-order valence-corrected chi connectivity index (χ2v) is 7.39. The Bertz CT molecular complexity index is 600. The molecule has 1 aromatic rings. The SMILES string of the molecule is CCOC(=O)CC[C@@](N)(NC(=O)c1cc(C)c(Br)s1)C(=O)OCC. The predicted molar refractivity (Wildman–Crippen MR) is 93.6 cm³/mol. The van der Waals surface area contributed by atoms with Crippen LogP contribution in [-0.4, -0.2) is 36.7 Å². The summed E-state index contributed by atoms with van der Waals surface area (Å²) in [6, 6.07) is 1.68. The summed E-state index contributed by atoms with van der Waals surface area (Å²) in [4.78, 5) is 36.5. The normalized spacial score (nSPS) is 13.0. The highest BCUT2D eigenvalue weighted by molar-refractivity contribution is 9.11. The van der Waals surface area contributed by atoms with Crippen LogP contribution < -0.4 is 11.1 Å². The molecule has 24 heavy (non-hydrogen) atoms. The average Bonchev–Trinajstić information content (AvgIpc) is 2.85. The van der Waals surface area contributed by atoms with Crippen molar-refractivity contribution in [2.45, 2.75) is 39.3 Å². The van der Waals surface area contributed by atoms with E-state index in [1.807, 2.05) is 6.92 Å². The largest absolute Gasteiger partial charge is 0.466 e. The molecule has 0 radical (unpaired) electrons. The van der Waals surface area contributed by atoms with E-state index < -0.39 is 23.5 Å². The number of esters is 2. The fourth-order valence-corrected chi connectivity index (χ4v) is 3.27. The molecule has 3 N–H and O–H groups in total. The van der Waals surface area contributed by atoms with Crippen molar-refractivity contribution in [3.05, 3.63) is 20.3 Å². The Balaban J connectivity index is 2.89. The predicted octanol–water partition coefficient (Wildman–Crippen LogP) is 2.11. The van der Waals surface area contributed by atoms with Gasteiger partial charge in [-0.05, 0) is 48.3 Å². The van der Waals surface area contributed by atoms with E-state index in [4.69, 9.17) is 15.2 Å². The van der Waals surface area contributed by atoms with Gasteiger partial charge in [-0.2, -0.15) is 0 Å². The van der Waals surface area contributed by atoms with Gasteiger partial charge >= 0.3 is 11.9 Å². The number of nitrogens with two attached hydrogens (primary N) is 1. The highest BCUT2D eigenvalue weighted by atomic mass is 79.9.